The van der Waals surface area contributed by atoms with E-state index in [1.807, 2.05) is 32.0 Å². The van der Waals surface area contributed by atoms with E-state index in [0.717, 1.165) is 11.1 Å². The number of fused-ring (bicyclic) bond motifs is 1. The van der Waals surface area contributed by atoms with E-state index in [0.29, 0.717) is 35.0 Å². The third-order valence-corrected chi connectivity index (χ3v) is 16.8. The second-order valence-corrected chi connectivity index (χ2v) is 25.2. The van der Waals surface area contributed by atoms with Gasteiger partial charge in [0.15, 0.2) is 29.1 Å². The van der Waals surface area contributed by atoms with E-state index in [2.05, 4.69) is 36.6 Å². The molecule has 0 aliphatic rings. The molecule has 96 heavy (non-hydrogen) atoms. The fourth-order valence-electron chi connectivity index (χ4n) is 11.5. The molecule has 5 aromatic rings. The number of ketones is 5. The number of primary amides is 3. The highest BCUT2D eigenvalue weighted by molar-refractivity contribution is 6.00. The fraction of sp³-hybridized carbons (Fsp3) is 0.451. The van der Waals surface area contributed by atoms with Crippen LogP contribution in [0.3, 0.4) is 0 Å². The molecule has 0 fully saturated rings. The summed E-state index contributed by atoms with van der Waals surface area (Å²) in [5.74, 6) is -15.5. The van der Waals surface area contributed by atoms with Gasteiger partial charge in [0.05, 0.1) is 36.6 Å². The highest BCUT2D eigenvalue weighted by atomic mass is 16.3. The van der Waals surface area contributed by atoms with Gasteiger partial charge in [0.1, 0.15) is 17.6 Å². The van der Waals surface area contributed by atoms with Gasteiger partial charge in [-0.1, -0.05) is 112 Å². The molecule has 0 aliphatic heterocycles. The number of nitrogens with zero attached hydrogens (tertiary/aromatic N) is 1. The molecule has 7 amide bonds. The number of benzene rings is 4. The number of nitrogens with two attached hydrogens (primary N) is 4. The number of phenols is 1. The number of aliphatic hydroxyl groups is 1. The average molecular weight is 1320 g/mol. The minimum atomic E-state index is -1.74. The molecule has 0 spiro atoms. The maximum Gasteiger partial charge on any atom is 0.224 e. The molecule has 16 N–H and O–H groups in total. The third-order valence-electron chi connectivity index (χ3n) is 16.8. The van der Waals surface area contributed by atoms with E-state index < -0.39 is 169 Å². The van der Waals surface area contributed by atoms with Crippen LogP contribution in [0.5, 0.6) is 5.75 Å². The van der Waals surface area contributed by atoms with E-state index in [-0.39, 0.29) is 69.0 Å². The highest BCUT2D eigenvalue weighted by Crippen LogP contribution is 2.26. The zero-order chi connectivity index (χ0) is 70.6. The average Bonchev–Trinajstić information content (AvgIpc) is 1.59. The number of rotatable bonds is 43. The zero-order valence-electron chi connectivity index (χ0n) is 55.2. The largest absolute Gasteiger partial charge is 0.508 e. The van der Waals surface area contributed by atoms with Crippen LogP contribution in [0.1, 0.15) is 114 Å². The van der Waals surface area contributed by atoms with Gasteiger partial charge in [0.25, 0.3) is 0 Å². The Labute approximate surface area is 558 Å². The van der Waals surface area contributed by atoms with Crippen molar-refractivity contribution in [3.8, 4) is 5.75 Å². The van der Waals surface area contributed by atoms with E-state index in [9.17, 15) is 67.7 Å². The number of carbonyl (C=O) groups excluding carboxylic acids is 12. The Balaban J connectivity index is 1.32. The lowest BCUT2D eigenvalue weighted by Crippen LogP contribution is -2.52. The SMILES string of the molecule is CN=C(N)NCCC[C@H](NC(=O)[C@@H](CC(=O)CNC(=O)[C@@H](CC(=O)[C@@H](NC(=O)[C@H](CC(N)=O)CC(=O)[C@H](Cc1c[nH]c2ccccc12)NC(=O)[C@H](CC(N)=O)CC(=O)[C@H](C)Cc1ccc(O)cc1)C(C)O)Cc1ccccc1)CC(C)C)C(=O)C[C@@H](Cc1ccccc1)C(N)=O. The molecule has 1 aromatic heterocycles. The second kappa shape index (κ2) is 38.5. The first-order valence-electron chi connectivity index (χ1n) is 32.3. The molecule has 516 valence electrons. The number of Topliss-reactive ketones (excluding diaryl/α,β-unsaturated/α-hetero) is 5. The first-order chi connectivity index (χ1) is 45.6. The molecular weight excluding hydrogens is 1230 g/mol. The number of hydrogen-bond donors (Lipinski definition) is 12. The number of hydrogen-bond acceptors (Lipinski definition) is 15. The lowest BCUT2D eigenvalue weighted by molar-refractivity contribution is -0.138. The molecule has 1 heterocycles. The Hall–Kier alpha value is -9.91. The van der Waals surface area contributed by atoms with Crippen LogP contribution < -0.4 is 49.5 Å². The number of aromatic hydroxyl groups is 1. The number of para-hydroxylation sites is 1. The van der Waals surface area contributed by atoms with Gasteiger partial charge in [-0.2, -0.15) is 0 Å². The standard InChI is InChI=1S/C71H93N11O14/c1-41(2)27-48(68(94)80-57(21-14-26-77-71(75)76-5)60(87)33-47(66(74)92)29-44-15-8-6-9-16-44)31-54(85)40-79-67(93)49(30-45-17-10-7-11-18-45)36-62(89)65(43(4)83)82-70(96)51(38-64(73)91)35-61(88)58(32-52-39-78-56-20-13-12-19-55(52)56)81-69(95)50(37-63(72)90)34-59(86)42(3)28-46-22-24-53(84)25-23-46/h6-13,15-20,22-25,39,41-43,47-51,57-58,65,78,83-84H,14,21,26-38,40H2,1-5H3,(H2,72,90)(H2,73,91)(H2,74,92)(H,79,93)(H,80,94)(H,81,95)(H,82,96)(H3,75,76,77)/t42-,43?,47-,48-,49-,50+,51+,57+,58+,65+/m1/s1. The number of H-pyrrole nitrogens is 1. The number of aromatic amines is 1. The molecule has 0 aliphatic carbocycles. The predicted molar refractivity (Wildman–Crippen MR) is 360 cm³/mol. The molecule has 0 saturated carbocycles. The summed E-state index contributed by atoms with van der Waals surface area (Å²) < 4.78 is 0. The summed E-state index contributed by atoms with van der Waals surface area (Å²) in [5.41, 5.74) is 26.2. The van der Waals surface area contributed by atoms with E-state index in [1.54, 1.807) is 92.0 Å². The maximum atomic E-state index is 14.7. The summed E-state index contributed by atoms with van der Waals surface area (Å²) >= 11 is 0. The monoisotopic (exact) mass is 1320 g/mol. The Morgan fingerprint density at radius 1 is 0.510 bits per heavy atom. The molecule has 25 heteroatoms. The highest BCUT2D eigenvalue weighted by Gasteiger charge is 2.37. The van der Waals surface area contributed by atoms with Crippen LogP contribution >= 0.6 is 0 Å². The Kier molecular flexibility index (Phi) is 30.8. The van der Waals surface area contributed by atoms with Crippen LogP contribution in [0.15, 0.2) is 120 Å². The van der Waals surface area contributed by atoms with Gasteiger partial charge >= 0.3 is 0 Å². The number of aromatic nitrogens is 1. The number of carbonyl (C=O) groups is 12. The second-order valence-electron chi connectivity index (χ2n) is 25.2. The van der Waals surface area contributed by atoms with Gasteiger partial charge in [-0.3, -0.25) is 62.5 Å². The lowest BCUT2D eigenvalue weighted by Gasteiger charge is -2.26. The van der Waals surface area contributed by atoms with Crippen LogP contribution in [0.2, 0.25) is 0 Å². The smallest absolute Gasteiger partial charge is 0.224 e. The molecule has 0 radical (unpaired) electrons. The molecule has 0 bridgehead atoms. The van der Waals surface area contributed by atoms with Gasteiger partial charge in [-0.15, -0.1) is 0 Å². The molecule has 1 unspecified atom stereocenters. The van der Waals surface area contributed by atoms with E-state index >= 15 is 0 Å². The summed E-state index contributed by atoms with van der Waals surface area (Å²) in [6.45, 7) is 6.27. The fourth-order valence-corrected chi connectivity index (χ4v) is 11.5. The van der Waals surface area contributed by atoms with Crippen molar-refractivity contribution in [2.24, 2.45) is 69.4 Å². The Morgan fingerprint density at radius 3 is 1.59 bits per heavy atom. The van der Waals surface area contributed by atoms with Crippen molar-refractivity contribution in [2.75, 3.05) is 20.1 Å². The number of guanidine groups is 1. The molecule has 4 aromatic carbocycles. The van der Waals surface area contributed by atoms with Crippen molar-refractivity contribution in [2.45, 2.75) is 142 Å². The minimum Gasteiger partial charge on any atom is -0.508 e. The van der Waals surface area contributed by atoms with Crippen LogP contribution in [0.25, 0.3) is 10.9 Å². The van der Waals surface area contributed by atoms with Crippen molar-refractivity contribution >= 4 is 87.1 Å². The van der Waals surface area contributed by atoms with Crippen LogP contribution in [0.4, 0.5) is 0 Å². The molecule has 5 rings (SSSR count). The first kappa shape index (κ1) is 76.8. The predicted octanol–water partition coefficient (Wildman–Crippen LogP) is 3.21. The summed E-state index contributed by atoms with van der Waals surface area (Å²) in [6, 6.07) is 26.7. The third kappa shape index (κ3) is 25.8. The van der Waals surface area contributed by atoms with Crippen molar-refractivity contribution in [3.63, 3.8) is 0 Å². The number of phenolic OH excluding ortho intramolecular Hbond substituents is 1. The molecule has 25 nitrogen and oxygen atoms in total. The van der Waals surface area contributed by atoms with Crippen molar-refractivity contribution in [1.82, 2.24) is 31.6 Å². The summed E-state index contributed by atoms with van der Waals surface area (Å²) in [6.07, 6.45) is -2.89. The normalized spacial score (nSPS) is 14.6. The van der Waals surface area contributed by atoms with Gasteiger partial charge < -0.3 is 64.7 Å². The minimum absolute atomic E-state index is 0.0320. The van der Waals surface area contributed by atoms with Crippen molar-refractivity contribution < 1.29 is 67.7 Å². The molecular formula is C71H93N11O14. The first-order valence-corrected chi connectivity index (χ1v) is 32.3. The zero-order valence-corrected chi connectivity index (χ0v) is 55.2. The topological polar surface area (TPSA) is 438 Å². The maximum absolute atomic E-state index is 14.7. The number of aliphatic imine (C=N–C) groups is 1. The Bertz CT molecular complexity index is 3520. The van der Waals surface area contributed by atoms with Crippen molar-refractivity contribution in [3.05, 3.63) is 138 Å². The quantitative estimate of drug-likeness (QED) is 0.0151. The van der Waals surface area contributed by atoms with Gasteiger partial charge in [-0.05, 0) is 91.8 Å². The van der Waals surface area contributed by atoms with Crippen molar-refractivity contribution in [1.29, 1.82) is 0 Å². The number of aliphatic hydroxyl groups excluding tert-OH is 1. The van der Waals surface area contributed by atoms with E-state index in [4.69, 9.17) is 22.9 Å². The van der Waals surface area contributed by atoms with E-state index in [1.165, 1.54) is 26.1 Å². The van der Waals surface area contributed by atoms with Crippen LogP contribution in [-0.2, 0) is 83.2 Å². The van der Waals surface area contributed by atoms with Gasteiger partial charge in [0.2, 0.25) is 41.4 Å². The number of nitrogens with one attached hydrogen (secondary N) is 6. The molecule has 0 saturated heterocycles. The van der Waals surface area contributed by atoms with Crippen LogP contribution in [0, 0.1) is 41.4 Å². The van der Waals surface area contributed by atoms with Crippen LogP contribution in [-0.4, -0.2) is 136 Å². The summed E-state index contributed by atoms with van der Waals surface area (Å²) in [7, 11) is 1.50. The molecule has 10 atom stereocenters. The summed E-state index contributed by atoms with van der Waals surface area (Å²) in [5, 5.41) is 35.1. The van der Waals surface area contributed by atoms with Gasteiger partial charge in [0, 0.05) is 106 Å². The Morgan fingerprint density at radius 2 is 1.02 bits per heavy atom. The van der Waals surface area contributed by atoms with Gasteiger partial charge in [-0.25, -0.2) is 0 Å². The lowest BCUT2D eigenvalue weighted by atomic mass is 9.87. The number of amides is 7. The summed E-state index contributed by atoms with van der Waals surface area (Å²) in [4.78, 5) is 173.